The highest BCUT2D eigenvalue weighted by Crippen LogP contribution is 2.39. The number of hydrogen-bond acceptors (Lipinski definition) is 2. The molecule has 0 radical (unpaired) electrons. The molecule has 0 aromatic rings. The third kappa shape index (κ3) is 2.53. The highest BCUT2D eigenvalue weighted by molar-refractivity contribution is 5.49. The molecule has 1 aliphatic rings. The van der Waals surface area contributed by atoms with E-state index in [1.807, 2.05) is 0 Å². The van der Waals surface area contributed by atoms with Gasteiger partial charge in [-0.05, 0) is 31.1 Å². The maximum absolute atomic E-state index is 10.3. The number of carbonyl (C=O) groups is 1. The SMILES string of the molecule is CC1CCC(C)C(O)(CCC=O)C1. The van der Waals surface area contributed by atoms with Crippen molar-refractivity contribution < 1.29 is 9.90 Å². The van der Waals surface area contributed by atoms with E-state index in [1.54, 1.807) is 0 Å². The second-order valence-corrected chi connectivity index (χ2v) is 4.60. The lowest BCUT2D eigenvalue weighted by molar-refractivity contribution is -0.111. The van der Waals surface area contributed by atoms with E-state index in [0.717, 1.165) is 19.1 Å². The molecule has 1 rings (SSSR count). The van der Waals surface area contributed by atoms with Crippen LogP contribution in [0.3, 0.4) is 0 Å². The topological polar surface area (TPSA) is 37.3 Å². The fourth-order valence-electron chi connectivity index (χ4n) is 2.37. The van der Waals surface area contributed by atoms with E-state index in [4.69, 9.17) is 0 Å². The lowest BCUT2D eigenvalue weighted by atomic mass is 9.70. The van der Waals surface area contributed by atoms with Crippen LogP contribution in [0.4, 0.5) is 0 Å². The standard InChI is InChI=1S/C11H20O2/c1-9-4-5-10(2)11(13,8-9)6-3-7-12/h7,9-10,13H,3-6,8H2,1-2H3. The molecule has 1 fully saturated rings. The smallest absolute Gasteiger partial charge is 0.120 e. The van der Waals surface area contributed by atoms with Crippen LogP contribution in [0.15, 0.2) is 0 Å². The van der Waals surface area contributed by atoms with Crippen molar-refractivity contribution in [1.29, 1.82) is 0 Å². The van der Waals surface area contributed by atoms with Crippen LogP contribution in [0.1, 0.15) is 46.0 Å². The van der Waals surface area contributed by atoms with E-state index in [1.165, 1.54) is 6.42 Å². The van der Waals surface area contributed by atoms with Crippen LogP contribution in [0.2, 0.25) is 0 Å². The van der Waals surface area contributed by atoms with Gasteiger partial charge in [-0.2, -0.15) is 0 Å². The van der Waals surface area contributed by atoms with E-state index in [0.29, 0.717) is 24.7 Å². The highest BCUT2D eigenvalue weighted by atomic mass is 16.3. The Morgan fingerprint density at radius 2 is 2.15 bits per heavy atom. The van der Waals surface area contributed by atoms with Crippen LogP contribution >= 0.6 is 0 Å². The molecule has 3 unspecified atom stereocenters. The molecule has 13 heavy (non-hydrogen) atoms. The van der Waals surface area contributed by atoms with E-state index in [-0.39, 0.29) is 0 Å². The van der Waals surface area contributed by atoms with Crippen molar-refractivity contribution in [3.05, 3.63) is 0 Å². The van der Waals surface area contributed by atoms with Gasteiger partial charge in [0.05, 0.1) is 5.60 Å². The lowest BCUT2D eigenvalue weighted by Gasteiger charge is -2.40. The molecule has 1 saturated carbocycles. The molecule has 0 aromatic heterocycles. The summed E-state index contributed by atoms with van der Waals surface area (Å²) in [6.07, 6.45) is 5.21. The zero-order valence-corrected chi connectivity index (χ0v) is 8.62. The lowest BCUT2D eigenvalue weighted by Crippen LogP contribution is -2.41. The summed E-state index contributed by atoms with van der Waals surface area (Å²) >= 11 is 0. The van der Waals surface area contributed by atoms with E-state index < -0.39 is 5.60 Å². The summed E-state index contributed by atoms with van der Waals surface area (Å²) in [6, 6.07) is 0. The van der Waals surface area contributed by atoms with Gasteiger partial charge in [0.25, 0.3) is 0 Å². The largest absolute Gasteiger partial charge is 0.390 e. The summed E-state index contributed by atoms with van der Waals surface area (Å²) in [7, 11) is 0. The van der Waals surface area contributed by atoms with Gasteiger partial charge < -0.3 is 9.90 Å². The molecule has 0 saturated heterocycles. The molecular weight excluding hydrogens is 164 g/mol. The van der Waals surface area contributed by atoms with E-state index in [9.17, 15) is 9.90 Å². The molecule has 0 spiro atoms. The number of carbonyl (C=O) groups excluding carboxylic acids is 1. The summed E-state index contributed by atoms with van der Waals surface area (Å²) in [5.74, 6) is 0.955. The predicted molar refractivity (Wildman–Crippen MR) is 52.4 cm³/mol. The average Bonchev–Trinajstić information content (AvgIpc) is 2.09. The molecule has 0 amide bonds. The van der Waals surface area contributed by atoms with Crippen molar-refractivity contribution in [2.24, 2.45) is 11.8 Å². The minimum absolute atomic E-state index is 0.351. The molecule has 1 aliphatic carbocycles. The fourth-order valence-corrected chi connectivity index (χ4v) is 2.37. The van der Waals surface area contributed by atoms with Crippen LogP contribution < -0.4 is 0 Å². The van der Waals surface area contributed by atoms with Gasteiger partial charge in [-0.3, -0.25) is 0 Å². The number of rotatable bonds is 3. The summed E-state index contributed by atoms with van der Waals surface area (Å²) in [6.45, 7) is 4.27. The summed E-state index contributed by atoms with van der Waals surface area (Å²) in [5.41, 5.74) is -0.571. The normalized spacial score (nSPS) is 40.2. The van der Waals surface area contributed by atoms with Crippen LogP contribution in [-0.4, -0.2) is 17.0 Å². The number of aldehydes is 1. The van der Waals surface area contributed by atoms with Gasteiger partial charge in [-0.15, -0.1) is 0 Å². The predicted octanol–water partition coefficient (Wildman–Crippen LogP) is 2.15. The second kappa shape index (κ2) is 4.23. The Kier molecular flexibility index (Phi) is 3.48. The minimum atomic E-state index is -0.571. The van der Waals surface area contributed by atoms with Crippen molar-refractivity contribution in [2.45, 2.75) is 51.6 Å². The third-order valence-electron chi connectivity index (χ3n) is 3.41. The number of hydrogen-bond donors (Lipinski definition) is 1. The molecule has 1 N–H and O–H groups in total. The van der Waals surface area contributed by atoms with Crippen molar-refractivity contribution in [3.63, 3.8) is 0 Å². The quantitative estimate of drug-likeness (QED) is 0.682. The van der Waals surface area contributed by atoms with E-state index in [2.05, 4.69) is 13.8 Å². The molecule has 0 aliphatic heterocycles. The van der Waals surface area contributed by atoms with Crippen molar-refractivity contribution >= 4 is 6.29 Å². The highest BCUT2D eigenvalue weighted by Gasteiger charge is 2.37. The van der Waals surface area contributed by atoms with E-state index >= 15 is 0 Å². The second-order valence-electron chi connectivity index (χ2n) is 4.60. The zero-order chi connectivity index (χ0) is 9.90. The third-order valence-corrected chi connectivity index (χ3v) is 3.41. The summed E-state index contributed by atoms with van der Waals surface area (Å²) in [5, 5.41) is 10.3. The first-order chi connectivity index (χ1) is 6.08. The van der Waals surface area contributed by atoms with Crippen LogP contribution in [0, 0.1) is 11.8 Å². The van der Waals surface area contributed by atoms with Gasteiger partial charge in [0.15, 0.2) is 0 Å². The Bertz CT molecular complexity index is 179. The molecule has 76 valence electrons. The van der Waals surface area contributed by atoms with Gasteiger partial charge in [0.1, 0.15) is 6.29 Å². The molecule has 0 heterocycles. The summed E-state index contributed by atoms with van der Waals surface area (Å²) < 4.78 is 0. The Labute approximate surface area is 80.3 Å². The van der Waals surface area contributed by atoms with Gasteiger partial charge in [-0.25, -0.2) is 0 Å². The fraction of sp³-hybridized carbons (Fsp3) is 0.909. The van der Waals surface area contributed by atoms with Crippen molar-refractivity contribution in [2.75, 3.05) is 0 Å². The molecule has 0 bridgehead atoms. The molecule has 0 aromatic carbocycles. The molecule has 3 atom stereocenters. The maximum Gasteiger partial charge on any atom is 0.120 e. The van der Waals surface area contributed by atoms with Gasteiger partial charge >= 0.3 is 0 Å². The first kappa shape index (κ1) is 10.7. The molecule has 2 heteroatoms. The Hall–Kier alpha value is -0.370. The van der Waals surface area contributed by atoms with Crippen LogP contribution in [-0.2, 0) is 4.79 Å². The van der Waals surface area contributed by atoms with Crippen LogP contribution in [0.5, 0.6) is 0 Å². The van der Waals surface area contributed by atoms with Crippen LogP contribution in [0.25, 0.3) is 0 Å². The van der Waals surface area contributed by atoms with Crippen molar-refractivity contribution in [3.8, 4) is 0 Å². The Balaban J connectivity index is 2.55. The number of aliphatic hydroxyl groups is 1. The van der Waals surface area contributed by atoms with Gasteiger partial charge in [0.2, 0.25) is 0 Å². The Morgan fingerprint density at radius 1 is 1.46 bits per heavy atom. The van der Waals surface area contributed by atoms with Gasteiger partial charge in [-0.1, -0.05) is 20.3 Å². The monoisotopic (exact) mass is 184 g/mol. The zero-order valence-electron chi connectivity index (χ0n) is 8.62. The minimum Gasteiger partial charge on any atom is -0.390 e. The van der Waals surface area contributed by atoms with Gasteiger partial charge in [0, 0.05) is 6.42 Å². The molecular formula is C11H20O2. The first-order valence-electron chi connectivity index (χ1n) is 5.24. The average molecular weight is 184 g/mol. The maximum atomic E-state index is 10.3. The first-order valence-corrected chi connectivity index (χ1v) is 5.24. The Morgan fingerprint density at radius 3 is 2.77 bits per heavy atom. The summed E-state index contributed by atoms with van der Waals surface area (Å²) in [4.78, 5) is 10.3. The van der Waals surface area contributed by atoms with Crippen molar-refractivity contribution in [1.82, 2.24) is 0 Å². The molecule has 2 nitrogen and oxygen atoms in total.